The van der Waals surface area contributed by atoms with Gasteiger partial charge in [-0.15, -0.1) is 0 Å². The molecule has 1 heterocycles. The van der Waals surface area contributed by atoms with E-state index in [-0.39, 0.29) is 30.1 Å². The van der Waals surface area contributed by atoms with Crippen LogP contribution >= 0.6 is 0 Å². The lowest BCUT2D eigenvalue weighted by atomic mass is 9.84. The molecule has 196 valence electrons. The van der Waals surface area contributed by atoms with E-state index in [9.17, 15) is 18.7 Å². The molecule has 1 amide bonds. The molecule has 36 heavy (non-hydrogen) atoms. The first-order chi connectivity index (χ1) is 17.3. The van der Waals surface area contributed by atoms with Crippen molar-refractivity contribution in [1.29, 1.82) is 0 Å². The number of nitrogens with zero attached hydrogens (tertiary/aromatic N) is 3. The Bertz CT molecular complexity index is 1060. The molecule has 11 heteroatoms. The van der Waals surface area contributed by atoms with Gasteiger partial charge >= 0.3 is 0 Å². The highest BCUT2D eigenvalue weighted by atomic mass is 19.1. The van der Waals surface area contributed by atoms with Gasteiger partial charge < -0.3 is 26.6 Å². The number of aliphatic hydroxyl groups is 2. The van der Waals surface area contributed by atoms with Gasteiger partial charge in [-0.05, 0) is 57.2 Å². The molecule has 1 aromatic carbocycles. The highest BCUT2D eigenvalue weighted by Gasteiger charge is 2.38. The summed E-state index contributed by atoms with van der Waals surface area (Å²) in [4.78, 5) is 23.6. The third kappa shape index (κ3) is 6.67. The fourth-order valence-electron chi connectivity index (χ4n) is 4.29. The Labute approximate surface area is 209 Å². The van der Waals surface area contributed by atoms with Crippen molar-refractivity contribution in [3.05, 3.63) is 53.5 Å². The van der Waals surface area contributed by atoms with Gasteiger partial charge in [0.25, 0.3) is 0 Å². The van der Waals surface area contributed by atoms with E-state index < -0.39 is 24.3 Å². The molecule has 3 rings (SSSR count). The Morgan fingerprint density at radius 1 is 1.33 bits per heavy atom. The number of guanidine groups is 1. The Kier molecular flexibility index (Phi) is 9.54. The number of carbonyl (C=O) groups excluding carboxylic acids is 1. The minimum atomic E-state index is -0.994. The van der Waals surface area contributed by atoms with E-state index in [2.05, 4.69) is 20.6 Å². The van der Waals surface area contributed by atoms with Crippen LogP contribution in [0.5, 0.6) is 0 Å². The quantitative estimate of drug-likeness (QED) is 0.369. The van der Waals surface area contributed by atoms with Gasteiger partial charge in [0.1, 0.15) is 23.2 Å². The SMILES string of the molecule is CC=C1N=C(Nc2ccc(F)cc2F)N(C2CCC(C(=O)NCC(O)CO)CC2)/C1=N/C(N)=C/CC. The summed E-state index contributed by atoms with van der Waals surface area (Å²) < 4.78 is 27.9. The average molecular weight is 505 g/mol. The van der Waals surface area contributed by atoms with E-state index >= 15 is 0 Å². The number of nitrogens with one attached hydrogen (secondary N) is 2. The van der Waals surface area contributed by atoms with Crippen LogP contribution in [0.25, 0.3) is 0 Å². The average Bonchev–Trinajstić information content (AvgIpc) is 3.20. The molecule has 1 aliphatic carbocycles. The molecule has 1 fully saturated rings. The number of benzene rings is 1. The van der Waals surface area contributed by atoms with Gasteiger partial charge in [0, 0.05) is 24.6 Å². The highest BCUT2D eigenvalue weighted by molar-refractivity contribution is 6.18. The highest BCUT2D eigenvalue weighted by Crippen LogP contribution is 2.32. The summed E-state index contributed by atoms with van der Waals surface area (Å²) in [6.07, 6.45) is 5.69. The lowest BCUT2D eigenvalue weighted by Gasteiger charge is -2.36. The lowest BCUT2D eigenvalue weighted by molar-refractivity contribution is -0.126. The molecule has 6 N–H and O–H groups in total. The number of aliphatic hydroxyl groups excluding tert-OH is 2. The number of aliphatic imine (C=N–C) groups is 2. The first-order valence-electron chi connectivity index (χ1n) is 12.1. The van der Waals surface area contributed by atoms with Crippen LogP contribution in [0, 0.1) is 17.6 Å². The molecule has 9 nitrogen and oxygen atoms in total. The maximum Gasteiger partial charge on any atom is 0.223 e. The van der Waals surface area contributed by atoms with E-state index in [0.717, 1.165) is 12.1 Å². The van der Waals surface area contributed by atoms with E-state index in [1.807, 2.05) is 18.7 Å². The van der Waals surface area contributed by atoms with Crippen molar-refractivity contribution in [3.63, 3.8) is 0 Å². The van der Waals surface area contributed by atoms with Gasteiger partial charge in [-0.3, -0.25) is 9.69 Å². The first-order valence-corrected chi connectivity index (χ1v) is 12.1. The van der Waals surface area contributed by atoms with Crippen LogP contribution in [-0.2, 0) is 4.79 Å². The second-order valence-electron chi connectivity index (χ2n) is 8.79. The van der Waals surface area contributed by atoms with Crippen LogP contribution in [0.2, 0.25) is 0 Å². The number of rotatable bonds is 8. The number of amidine groups is 1. The van der Waals surface area contributed by atoms with Crippen molar-refractivity contribution in [1.82, 2.24) is 10.2 Å². The number of halogens is 2. The second kappa shape index (κ2) is 12.6. The fourth-order valence-corrected chi connectivity index (χ4v) is 4.29. The summed E-state index contributed by atoms with van der Waals surface area (Å²) in [5.41, 5.74) is 6.73. The van der Waals surface area contributed by atoms with Crippen molar-refractivity contribution < 1.29 is 23.8 Å². The molecule has 1 aliphatic heterocycles. The summed E-state index contributed by atoms with van der Waals surface area (Å²) in [5, 5.41) is 24.1. The predicted octanol–water partition coefficient (Wildman–Crippen LogP) is 2.59. The maximum absolute atomic E-state index is 14.4. The molecule has 0 spiro atoms. The molecule has 2 aliphatic rings. The van der Waals surface area contributed by atoms with Crippen molar-refractivity contribution in [2.24, 2.45) is 21.6 Å². The number of nitrogens with two attached hydrogens (primary N) is 1. The molecule has 0 saturated heterocycles. The van der Waals surface area contributed by atoms with E-state index in [1.54, 1.807) is 12.2 Å². The summed E-state index contributed by atoms with van der Waals surface area (Å²) >= 11 is 0. The zero-order valence-corrected chi connectivity index (χ0v) is 20.5. The largest absolute Gasteiger partial charge is 0.394 e. The summed E-state index contributed by atoms with van der Waals surface area (Å²) in [6, 6.07) is 3.17. The second-order valence-corrected chi connectivity index (χ2v) is 8.79. The van der Waals surface area contributed by atoms with E-state index in [1.165, 1.54) is 6.07 Å². The summed E-state index contributed by atoms with van der Waals surface area (Å²) in [7, 11) is 0. The summed E-state index contributed by atoms with van der Waals surface area (Å²) in [6.45, 7) is 3.34. The molecular weight excluding hydrogens is 470 g/mol. The number of amides is 1. The van der Waals surface area contributed by atoms with Crippen LogP contribution in [0.15, 0.2) is 51.9 Å². The van der Waals surface area contributed by atoms with Gasteiger partial charge in [-0.25, -0.2) is 18.8 Å². The Morgan fingerprint density at radius 3 is 2.67 bits per heavy atom. The van der Waals surface area contributed by atoms with E-state index in [4.69, 9.17) is 10.8 Å². The van der Waals surface area contributed by atoms with Gasteiger partial charge in [0.05, 0.1) is 18.4 Å². The zero-order valence-electron chi connectivity index (χ0n) is 20.5. The van der Waals surface area contributed by atoms with Gasteiger partial charge in [-0.1, -0.05) is 13.0 Å². The molecule has 1 aromatic rings. The number of hydrogen-bond donors (Lipinski definition) is 5. The number of allylic oxidation sites excluding steroid dienone is 2. The van der Waals surface area contributed by atoms with Crippen molar-refractivity contribution >= 4 is 23.4 Å². The zero-order chi connectivity index (χ0) is 26.2. The minimum absolute atomic E-state index is 0.00412. The van der Waals surface area contributed by atoms with E-state index in [0.29, 0.717) is 55.4 Å². The van der Waals surface area contributed by atoms with Crippen molar-refractivity contribution in [3.8, 4) is 0 Å². The van der Waals surface area contributed by atoms with Gasteiger partial charge in [-0.2, -0.15) is 0 Å². The summed E-state index contributed by atoms with van der Waals surface area (Å²) in [5.74, 6) is -0.637. The molecule has 1 unspecified atom stereocenters. The third-order valence-corrected chi connectivity index (χ3v) is 6.17. The predicted molar refractivity (Wildman–Crippen MR) is 135 cm³/mol. The Morgan fingerprint density at radius 2 is 2.06 bits per heavy atom. The standard InChI is InChI=1S/C25H34F2N6O3/c1-3-5-22(28)32-23-20(4-2)30-25(31-21-11-8-16(26)12-19(21)27)33(23)17-9-6-15(7-10-17)24(36)29-13-18(35)14-34/h4-5,8,11-12,15,17-18,34-35H,3,6-7,9-10,13-14,28H2,1-2H3,(H,29,36)(H,30,31)/b20-4?,22-5+,32-23+. The molecule has 0 radical (unpaired) electrons. The number of hydrogen-bond acceptors (Lipinski definition) is 7. The van der Waals surface area contributed by atoms with Crippen LogP contribution in [0.1, 0.15) is 46.0 Å². The number of anilines is 1. The van der Waals surface area contributed by atoms with Gasteiger partial charge in [0.15, 0.2) is 5.84 Å². The molecular formula is C25H34F2N6O3. The smallest absolute Gasteiger partial charge is 0.223 e. The normalized spacial score (nSPS) is 23.7. The van der Waals surface area contributed by atoms with Crippen molar-refractivity contribution in [2.75, 3.05) is 18.5 Å². The molecule has 1 saturated carbocycles. The monoisotopic (exact) mass is 504 g/mol. The van der Waals surface area contributed by atoms with Gasteiger partial charge in [0.2, 0.25) is 11.9 Å². The Balaban J connectivity index is 1.83. The first kappa shape index (κ1) is 27.3. The topological polar surface area (TPSA) is 136 Å². The molecule has 0 aromatic heterocycles. The molecule has 1 atom stereocenters. The van der Waals surface area contributed by atoms with Crippen LogP contribution in [-0.4, -0.2) is 58.1 Å². The maximum atomic E-state index is 14.4. The van der Waals surface area contributed by atoms with Crippen LogP contribution in [0.4, 0.5) is 14.5 Å². The van der Waals surface area contributed by atoms with Crippen LogP contribution < -0.4 is 16.4 Å². The fraction of sp³-hybridized carbons (Fsp3) is 0.480. The third-order valence-electron chi connectivity index (χ3n) is 6.17. The molecule has 0 bridgehead atoms. The van der Waals surface area contributed by atoms with Crippen molar-refractivity contribution in [2.45, 2.75) is 58.1 Å². The minimum Gasteiger partial charge on any atom is -0.394 e. The number of carbonyl (C=O) groups is 1. The van der Waals surface area contributed by atoms with Crippen LogP contribution in [0.3, 0.4) is 0 Å². The lowest BCUT2D eigenvalue weighted by Crippen LogP contribution is -2.47. The Hall–Kier alpha value is -3.31.